The fraction of sp³-hybridized carbons (Fsp3) is 0.185. The average molecular weight is 477 g/mol. The van der Waals surface area contributed by atoms with Crippen molar-refractivity contribution in [3.05, 3.63) is 94.6 Å². The number of hydrogen-bond acceptors (Lipinski definition) is 5. The standard InChI is InChI=1S/C27H25FN2O3S/c1-3-15-30-26(31)25(34-27(30)29-22-7-5-4-6-8-22)17-20-11-14-23(24(16-20)32-2)33-18-19-9-12-21(28)13-10-19/h4-14,16-17H,3,15,18H2,1-2H3/b25-17+,29-27?. The second-order valence-electron chi connectivity index (χ2n) is 7.62. The molecule has 0 spiro atoms. The number of aliphatic imine (C=N–C) groups is 1. The van der Waals surface area contributed by atoms with Crippen LogP contribution in [0.1, 0.15) is 24.5 Å². The van der Waals surface area contributed by atoms with Gasteiger partial charge in [0.1, 0.15) is 12.4 Å². The molecule has 0 aromatic heterocycles. The zero-order valence-electron chi connectivity index (χ0n) is 19.0. The molecule has 1 fully saturated rings. The summed E-state index contributed by atoms with van der Waals surface area (Å²) >= 11 is 1.37. The highest BCUT2D eigenvalue weighted by atomic mass is 32.2. The fourth-order valence-electron chi connectivity index (χ4n) is 3.41. The molecule has 1 aliphatic heterocycles. The van der Waals surface area contributed by atoms with Gasteiger partial charge >= 0.3 is 0 Å². The van der Waals surface area contributed by atoms with Crippen LogP contribution in [0.5, 0.6) is 11.5 Å². The molecule has 0 aliphatic carbocycles. The van der Waals surface area contributed by atoms with E-state index < -0.39 is 0 Å². The van der Waals surface area contributed by atoms with Crippen molar-refractivity contribution < 1.29 is 18.7 Å². The molecule has 34 heavy (non-hydrogen) atoms. The third kappa shape index (κ3) is 5.66. The Kier molecular flexibility index (Phi) is 7.65. The largest absolute Gasteiger partial charge is 0.493 e. The van der Waals surface area contributed by atoms with E-state index >= 15 is 0 Å². The molecule has 174 valence electrons. The smallest absolute Gasteiger partial charge is 0.266 e. The summed E-state index contributed by atoms with van der Waals surface area (Å²) in [5, 5.41) is 0.676. The van der Waals surface area contributed by atoms with Gasteiger partial charge < -0.3 is 9.47 Å². The number of ether oxygens (including phenoxy) is 2. The van der Waals surface area contributed by atoms with E-state index in [-0.39, 0.29) is 18.3 Å². The molecule has 0 saturated carbocycles. The molecular formula is C27H25FN2O3S. The number of benzene rings is 3. The topological polar surface area (TPSA) is 51.1 Å². The molecule has 0 N–H and O–H groups in total. The monoisotopic (exact) mass is 476 g/mol. The number of para-hydroxylation sites is 1. The zero-order chi connectivity index (χ0) is 23.9. The Morgan fingerprint density at radius 1 is 1.03 bits per heavy atom. The van der Waals surface area contributed by atoms with Crippen molar-refractivity contribution in [2.75, 3.05) is 13.7 Å². The van der Waals surface area contributed by atoms with Crippen LogP contribution in [0.3, 0.4) is 0 Å². The first-order valence-electron chi connectivity index (χ1n) is 11.0. The third-order valence-electron chi connectivity index (χ3n) is 5.11. The molecule has 3 aromatic rings. The SMILES string of the molecule is CCCN1C(=O)/C(=C\c2ccc(OCc3ccc(F)cc3)c(OC)c2)SC1=Nc1ccccc1. The van der Waals surface area contributed by atoms with Gasteiger partial charge in [-0.3, -0.25) is 9.69 Å². The number of amidine groups is 1. The average Bonchev–Trinajstić information content (AvgIpc) is 3.14. The highest BCUT2D eigenvalue weighted by molar-refractivity contribution is 8.18. The van der Waals surface area contributed by atoms with Crippen LogP contribution < -0.4 is 9.47 Å². The van der Waals surface area contributed by atoms with E-state index in [1.54, 1.807) is 24.1 Å². The first-order valence-corrected chi connectivity index (χ1v) is 11.8. The quantitative estimate of drug-likeness (QED) is 0.352. The maximum absolute atomic E-state index is 13.1. The number of halogens is 1. The molecule has 4 rings (SSSR count). The number of methoxy groups -OCH3 is 1. The van der Waals surface area contributed by atoms with Crippen molar-refractivity contribution >= 4 is 34.6 Å². The van der Waals surface area contributed by atoms with Crippen LogP contribution in [0, 0.1) is 5.82 Å². The van der Waals surface area contributed by atoms with E-state index in [9.17, 15) is 9.18 Å². The number of thioether (sulfide) groups is 1. The summed E-state index contributed by atoms with van der Waals surface area (Å²) in [6.45, 7) is 2.93. The van der Waals surface area contributed by atoms with Crippen molar-refractivity contribution in [3.8, 4) is 11.5 Å². The molecule has 5 nitrogen and oxygen atoms in total. The Morgan fingerprint density at radius 2 is 1.79 bits per heavy atom. The van der Waals surface area contributed by atoms with Crippen molar-refractivity contribution in [3.63, 3.8) is 0 Å². The molecule has 7 heteroatoms. The molecule has 1 saturated heterocycles. The molecule has 0 atom stereocenters. The van der Waals surface area contributed by atoms with Gasteiger partial charge in [-0.2, -0.15) is 0 Å². The minimum atomic E-state index is -0.285. The molecule has 1 aliphatic rings. The van der Waals surface area contributed by atoms with Crippen LogP contribution in [-0.2, 0) is 11.4 Å². The first-order chi connectivity index (χ1) is 16.6. The van der Waals surface area contributed by atoms with Gasteiger partial charge in [0.15, 0.2) is 16.7 Å². The lowest BCUT2D eigenvalue weighted by molar-refractivity contribution is -0.122. The van der Waals surface area contributed by atoms with E-state index in [2.05, 4.69) is 4.99 Å². The van der Waals surface area contributed by atoms with Crippen molar-refractivity contribution in [1.82, 2.24) is 4.90 Å². The van der Waals surface area contributed by atoms with E-state index in [4.69, 9.17) is 9.47 Å². The molecule has 0 radical (unpaired) electrons. The van der Waals surface area contributed by atoms with Gasteiger partial charge in [0, 0.05) is 6.54 Å². The van der Waals surface area contributed by atoms with E-state index in [1.165, 1.54) is 23.9 Å². The summed E-state index contributed by atoms with van der Waals surface area (Å²) in [4.78, 5) is 20.1. The third-order valence-corrected chi connectivity index (χ3v) is 6.12. The second-order valence-corrected chi connectivity index (χ2v) is 8.63. The number of hydrogen-bond donors (Lipinski definition) is 0. The Bertz CT molecular complexity index is 1210. The molecular weight excluding hydrogens is 451 g/mol. The molecule has 0 bridgehead atoms. The summed E-state index contributed by atoms with van der Waals surface area (Å²) in [5.74, 6) is 0.776. The molecule has 3 aromatic carbocycles. The number of amides is 1. The van der Waals surface area contributed by atoms with Crippen molar-refractivity contribution in [2.24, 2.45) is 4.99 Å². The van der Waals surface area contributed by atoms with E-state index in [0.717, 1.165) is 23.2 Å². The molecule has 1 amide bonds. The van der Waals surface area contributed by atoms with Crippen LogP contribution in [0.15, 0.2) is 82.7 Å². The molecule has 1 heterocycles. The lowest BCUT2D eigenvalue weighted by Gasteiger charge is -2.14. The number of carbonyl (C=O) groups is 1. The normalized spacial score (nSPS) is 15.9. The summed E-state index contributed by atoms with van der Waals surface area (Å²) in [6, 6.07) is 21.3. The summed E-state index contributed by atoms with van der Waals surface area (Å²) in [7, 11) is 1.57. The predicted molar refractivity (Wildman–Crippen MR) is 135 cm³/mol. The highest BCUT2D eigenvalue weighted by Crippen LogP contribution is 2.36. The van der Waals surface area contributed by atoms with Gasteiger partial charge in [-0.1, -0.05) is 43.3 Å². The van der Waals surface area contributed by atoms with E-state index in [0.29, 0.717) is 28.1 Å². The summed E-state index contributed by atoms with van der Waals surface area (Å²) in [6.07, 6.45) is 2.68. The Hall–Kier alpha value is -3.58. The number of rotatable bonds is 8. The van der Waals surface area contributed by atoms with Gasteiger partial charge in [-0.15, -0.1) is 0 Å². The minimum absolute atomic E-state index is 0.0582. The summed E-state index contributed by atoms with van der Waals surface area (Å²) < 4.78 is 24.5. The maximum Gasteiger partial charge on any atom is 0.266 e. The van der Waals surface area contributed by atoms with E-state index in [1.807, 2.05) is 61.5 Å². The van der Waals surface area contributed by atoms with Gasteiger partial charge in [0.05, 0.1) is 17.7 Å². The van der Waals surface area contributed by atoms with Gasteiger partial charge in [-0.05, 0) is 71.8 Å². The minimum Gasteiger partial charge on any atom is -0.493 e. The number of nitrogens with zero attached hydrogens (tertiary/aromatic N) is 2. The van der Waals surface area contributed by atoms with Crippen molar-refractivity contribution in [2.45, 2.75) is 20.0 Å². The van der Waals surface area contributed by atoms with Gasteiger partial charge in [0.2, 0.25) is 0 Å². The van der Waals surface area contributed by atoms with Gasteiger partial charge in [-0.25, -0.2) is 9.38 Å². The zero-order valence-corrected chi connectivity index (χ0v) is 19.8. The Labute approximate surface area is 202 Å². The fourth-order valence-corrected chi connectivity index (χ4v) is 4.44. The van der Waals surface area contributed by atoms with Gasteiger partial charge in [0.25, 0.3) is 5.91 Å². The lowest BCUT2D eigenvalue weighted by atomic mass is 10.1. The van der Waals surface area contributed by atoms with Crippen LogP contribution in [0.4, 0.5) is 10.1 Å². The first kappa shape index (κ1) is 23.6. The van der Waals surface area contributed by atoms with Crippen LogP contribution in [0.2, 0.25) is 0 Å². The maximum atomic E-state index is 13.1. The van der Waals surface area contributed by atoms with Crippen LogP contribution in [0.25, 0.3) is 6.08 Å². The Morgan fingerprint density at radius 3 is 2.50 bits per heavy atom. The van der Waals surface area contributed by atoms with Crippen LogP contribution in [-0.4, -0.2) is 29.6 Å². The highest BCUT2D eigenvalue weighted by Gasteiger charge is 2.32. The number of carbonyl (C=O) groups excluding carboxylic acids is 1. The molecule has 0 unspecified atom stereocenters. The summed E-state index contributed by atoms with van der Waals surface area (Å²) in [5.41, 5.74) is 2.48. The Balaban J connectivity index is 1.54. The predicted octanol–water partition coefficient (Wildman–Crippen LogP) is 6.43. The van der Waals surface area contributed by atoms with Crippen LogP contribution >= 0.6 is 11.8 Å². The lowest BCUT2D eigenvalue weighted by Crippen LogP contribution is -2.29. The van der Waals surface area contributed by atoms with Crippen molar-refractivity contribution in [1.29, 1.82) is 0 Å². The second kappa shape index (κ2) is 11.0.